The average Bonchev–Trinajstić information content (AvgIpc) is 3.63. The summed E-state index contributed by atoms with van der Waals surface area (Å²) in [7, 11) is 0. The van der Waals surface area contributed by atoms with Crippen molar-refractivity contribution in [1.29, 1.82) is 0 Å². The molecule has 0 radical (unpaired) electrons. The molecule has 5 heterocycles. The molecule has 3 N–H and O–H groups in total. The van der Waals surface area contributed by atoms with Crippen molar-refractivity contribution in [2.24, 2.45) is 0 Å². The third-order valence-electron chi connectivity index (χ3n) is 7.16. The number of carbonyl (C=O) groups excluding carboxylic acids is 2. The fourth-order valence-electron chi connectivity index (χ4n) is 5.13. The normalized spacial score (nSPS) is 14.9. The van der Waals surface area contributed by atoms with E-state index < -0.39 is 0 Å². The van der Waals surface area contributed by atoms with Crippen LogP contribution in [-0.2, 0) is 6.42 Å². The van der Waals surface area contributed by atoms with Gasteiger partial charge in [0.05, 0.1) is 6.04 Å². The number of nitrogen functional groups attached to an aromatic ring is 1. The van der Waals surface area contributed by atoms with E-state index in [0.717, 1.165) is 30.4 Å². The van der Waals surface area contributed by atoms with Gasteiger partial charge in [0.25, 0.3) is 11.8 Å². The minimum atomic E-state index is -0.310. The molecule has 5 aromatic rings. The molecule has 4 aromatic heterocycles. The largest absolute Gasteiger partial charge is 0.382 e. The first-order valence-electron chi connectivity index (χ1n) is 13.2. The van der Waals surface area contributed by atoms with E-state index in [1.54, 1.807) is 41.7 Å². The van der Waals surface area contributed by atoms with Crippen LogP contribution in [0.15, 0.2) is 67.3 Å². The zero-order chi connectivity index (χ0) is 28.5. The Morgan fingerprint density at radius 3 is 2.63 bits per heavy atom. The van der Waals surface area contributed by atoms with Crippen molar-refractivity contribution in [2.45, 2.75) is 32.2 Å². The van der Waals surface area contributed by atoms with Crippen molar-refractivity contribution in [3.8, 4) is 11.3 Å². The fourth-order valence-corrected chi connectivity index (χ4v) is 5.28. The molecule has 41 heavy (non-hydrogen) atoms. The number of nitrogens with zero attached hydrogens (tertiary/aromatic N) is 7. The number of amides is 2. The molecule has 6 rings (SSSR count). The number of likely N-dealkylation sites (tertiary alicyclic amines) is 1. The SMILES string of the molecule is CCc1ccnc(NC(=O)c2ccc(-c3nc(C4CCCN4C(=O)c4ccnc(Cl)n4)n4ccnc(N)c34)cc2)c1. The van der Waals surface area contributed by atoms with Gasteiger partial charge in [-0.25, -0.2) is 24.9 Å². The van der Waals surface area contributed by atoms with Gasteiger partial charge in [0.1, 0.15) is 34.4 Å². The predicted molar refractivity (Wildman–Crippen MR) is 154 cm³/mol. The highest BCUT2D eigenvalue weighted by Crippen LogP contribution is 2.37. The second kappa shape index (κ2) is 10.9. The van der Waals surface area contributed by atoms with Gasteiger partial charge in [-0.05, 0) is 66.8 Å². The molecule has 12 heteroatoms. The number of halogens is 1. The van der Waals surface area contributed by atoms with Gasteiger partial charge in [0.15, 0.2) is 0 Å². The molecule has 1 aliphatic rings. The number of aromatic nitrogens is 6. The Labute approximate surface area is 240 Å². The van der Waals surface area contributed by atoms with E-state index in [1.807, 2.05) is 35.6 Å². The van der Waals surface area contributed by atoms with Gasteiger partial charge in [0, 0.05) is 42.5 Å². The van der Waals surface area contributed by atoms with Crippen molar-refractivity contribution in [1.82, 2.24) is 34.2 Å². The van der Waals surface area contributed by atoms with Gasteiger partial charge in [-0.3, -0.25) is 14.0 Å². The zero-order valence-electron chi connectivity index (χ0n) is 22.2. The fraction of sp³-hybridized carbons (Fsp3) is 0.207. The van der Waals surface area contributed by atoms with Crippen molar-refractivity contribution in [2.75, 3.05) is 17.6 Å². The van der Waals surface area contributed by atoms with Crippen molar-refractivity contribution < 1.29 is 9.59 Å². The maximum atomic E-state index is 13.4. The summed E-state index contributed by atoms with van der Waals surface area (Å²) in [5, 5.41) is 2.87. The van der Waals surface area contributed by atoms with E-state index in [-0.39, 0.29) is 28.8 Å². The van der Waals surface area contributed by atoms with E-state index in [1.165, 1.54) is 6.20 Å². The van der Waals surface area contributed by atoms with Crippen LogP contribution in [0, 0.1) is 0 Å². The Bertz CT molecular complexity index is 1770. The molecule has 206 valence electrons. The number of imidazole rings is 1. The highest BCUT2D eigenvalue weighted by Gasteiger charge is 2.35. The number of nitrogens with two attached hydrogens (primary N) is 1. The number of carbonyl (C=O) groups is 2. The second-order valence-corrected chi connectivity index (χ2v) is 9.99. The summed E-state index contributed by atoms with van der Waals surface area (Å²) in [6.45, 7) is 2.60. The minimum absolute atomic E-state index is 0.0156. The molecule has 1 aromatic carbocycles. The first-order chi connectivity index (χ1) is 19.9. The number of pyridine rings is 1. The quantitative estimate of drug-likeness (QED) is 0.283. The van der Waals surface area contributed by atoms with Gasteiger partial charge >= 0.3 is 0 Å². The number of hydrogen-bond acceptors (Lipinski definition) is 8. The van der Waals surface area contributed by atoms with E-state index in [0.29, 0.717) is 40.8 Å². The molecule has 1 saturated heterocycles. The Morgan fingerprint density at radius 1 is 1.05 bits per heavy atom. The van der Waals surface area contributed by atoms with Gasteiger partial charge in [-0.15, -0.1) is 0 Å². The molecule has 2 amide bonds. The Morgan fingerprint density at radius 2 is 1.85 bits per heavy atom. The van der Waals surface area contributed by atoms with Crippen LogP contribution in [0.25, 0.3) is 16.8 Å². The first kappa shape index (κ1) is 26.3. The van der Waals surface area contributed by atoms with Gasteiger partial charge in [-0.2, -0.15) is 0 Å². The summed E-state index contributed by atoms with van der Waals surface area (Å²) in [5.41, 5.74) is 10.1. The molecule has 1 unspecified atom stereocenters. The van der Waals surface area contributed by atoms with Crippen LogP contribution in [0.3, 0.4) is 0 Å². The molecular weight excluding hydrogens is 542 g/mol. The summed E-state index contributed by atoms with van der Waals surface area (Å²) in [4.78, 5) is 49.5. The van der Waals surface area contributed by atoms with Crippen molar-refractivity contribution >= 4 is 40.6 Å². The average molecular weight is 568 g/mol. The summed E-state index contributed by atoms with van der Waals surface area (Å²) >= 11 is 5.94. The van der Waals surface area contributed by atoms with Crippen LogP contribution in [0.1, 0.15) is 58.0 Å². The summed E-state index contributed by atoms with van der Waals surface area (Å²) in [6.07, 6.45) is 8.92. The van der Waals surface area contributed by atoms with E-state index >= 15 is 0 Å². The molecule has 11 nitrogen and oxygen atoms in total. The number of fused-ring (bicyclic) bond motifs is 1. The molecule has 1 atom stereocenters. The third kappa shape index (κ3) is 5.07. The minimum Gasteiger partial charge on any atom is -0.382 e. The first-order valence-corrected chi connectivity index (χ1v) is 13.6. The highest BCUT2D eigenvalue weighted by molar-refractivity contribution is 6.28. The molecule has 0 saturated carbocycles. The highest BCUT2D eigenvalue weighted by atomic mass is 35.5. The number of rotatable bonds is 6. The molecule has 0 spiro atoms. The van der Waals surface area contributed by atoms with Gasteiger partial charge < -0.3 is 16.0 Å². The monoisotopic (exact) mass is 567 g/mol. The second-order valence-electron chi connectivity index (χ2n) is 9.65. The van der Waals surface area contributed by atoms with Crippen molar-refractivity contribution in [3.05, 3.63) is 95.2 Å². The number of aryl methyl sites for hydroxylation is 1. The van der Waals surface area contributed by atoms with E-state index in [2.05, 4.69) is 25.3 Å². The van der Waals surface area contributed by atoms with Gasteiger partial charge in [-0.1, -0.05) is 19.1 Å². The number of nitrogens with one attached hydrogen (secondary N) is 1. The van der Waals surface area contributed by atoms with Crippen LogP contribution in [0.2, 0.25) is 5.28 Å². The molecule has 1 aliphatic heterocycles. The number of benzene rings is 1. The van der Waals surface area contributed by atoms with Crippen LogP contribution in [-0.4, -0.2) is 52.6 Å². The lowest BCUT2D eigenvalue weighted by molar-refractivity contribution is 0.0723. The third-order valence-corrected chi connectivity index (χ3v) is 7.34. The number of anilines is 2. The lowest BCUT2D eigenvalue weighted by Gasteiger charge is -2.23. The molecule has 1 fully saturated rings. The van der Waals surface area contributed by atoms with Crippen LogP contribution in [0.5, 0.6) is 0 Å². The van der Waals surface area contributed by atoms with Crippen LogP contribution < -0.4 is 11.1 Å². The molecule has 0 bridgehead atoms. The lowest BCUT2D eigenvalue weighted by atomic mass is 10.1. The lowest BCUT2D eigenvalue weighted by Crippen LogP contribution is -2.32. The topological polar surface area (TPSA) is 144 Å². The Hall–Kier alpha value is -4.90. The summed E-state index contributed by atoms with van der Waals surface area (Å²) < 4.78 is 1.88. The van der Waals surface area contributed by atoms with Crippen molar-refractivity contribution in [3.63, 3.8) is 0 Å². The van der Waals surface area contributed by atoms with E-state index in [9.17, 15) is 9.59 Å². The van der Waals surface area contributed by atoms with Crippen LogP contribution >= 0.6 is 11.6 Å². The predicted octanol–water partition coefficient (Wildman–Crippen LogP) is 4.61. The number of hydrogen-bond donors (Lipinski definition) is 2. The summed E-state index contributed by atoms with van der Waals surface area (Å²) in [5.74, 6) is 0.967. The Balaban J connectivity index is 1.32. The molecular formula is C29H26ClN9O2. The summed E-state index contributed by atoms with van der Waals surface area (Å²) in [6, 6.07) is 12.1. The Kier molecular flexibility index (Phi) is 7.02. The smallest absolute Gasteiger partial charge is 0.273 e. The maximum Gasteiger partial charge on any atom is 0.273 e. The standard InChI is InChI=1S/C29H26ClN9O2/c1-2-17-9-11-32-22(16-17)36-27(40)19-7-5-18(6-8-19)23-24-25(31)33-13-15-39(24)26(37-23)21-4-3-14-38(21)28(41)20-10-12-34-29(30)35-20/h5-13,15-16,21H,2-4,14H2,1H3,(H2,31,33)(H,32,36,40). The zero-order valence-corrected chi connectivity index (χ0v) is 22.9. The molecule has 0 aliphatic carbocycles. The van der Waals surface area contributed by atoms with E-state index in [4.69, 9.17) is 22.3 Å². The van der Waals surface area contributed by atoms with Crippen LogP contribution in [0.4, 0.5) is 11.6 Å². The van der Waals surface area contributed by atoms with Gasteiger partial charge in [0.2, 0.25) is 5.28 Å². The maximum absolute atomic E-state index is 13.4.